The van der Waals surface area contributed by atoms with Crippen LogP contribution in [-0.4, -0.2) is 6.85 Å². The van der Waals surface area contributed by atoms with Crippen molar-refractivity contribution in [3.63, 3.8) is 0 Å². The molecule has 3 aliphatic carbocycles. The van der Waals surface area contributed by atoms with Crippen molar-refractivity contribution in [1.82, 2.24) is 0 Å². The summed E-state index contributed by atoms with van der Waals surface area (Å²) in [6.07, 6.45) is 4.63. The first kappa shape index (κ1) is 56.2. The van der Waals surface area contributed by atoms with Gasteiger partial charge in [-0.1, -0.05) is 208 Å². The molecule has 0 radical (unpaired) electrons. The Labute approximate surface area is 523 Å². The quantitative estimate of drug-likeness (QED) is 0.159. The summed E-state index contributed by atoms with van der Waals surface area (Å²) in [7, 11) is 0. The van der Waals surface area contributed by atoms with Gasteiger partial charge < -0.3 is 14.6 Å². The van der Waals surface area contributed by atoms with Crippen LogP contribution in [0.25, 0.3) is 42.4 Å². The van der Waals surface area contributed by atoms with Crippen LogP contribution in [0, 0.1) is 6.92 Å². The maximum Gasteiger partial charge on any atom is 0.333 e. The number of rotatable bonds is 5. The molecular weight excluding hydrogens is 1070 g/mol. The van der Waals surface area contributed by atoms with Crippen LogP contribution in [0.15, 0.2) is 164 Å². The molecule has 3 heterocycles. The average Bonchev–Trinajstić information content (AvgIpc) is 1.68. The monoisotopic (exact) mass is 1160 g/mol. The average molecular weight is 1160 g/mol. The van der Waals surface area contributed by atoms with Crippen LogP contribution in [0.1, 0.15) is 187 Å². The van der Waals surface area contributed by atoms with Crippen molar-refractivity contribution in [3.8, 4) is 22.3 Å². The molecule has 0 atom stereocenters. The third-order valence-electron chi connectivity index (χ3n) is 22.0. The molecule has 5 aliphatic rings. The Bertz CT molecular complexity index is 4470. The zero-order valence-corrected chi connectivity index (χ0v) is 55.6. The number of aryl methyl sites for hydroxylation is 1. The highest BCUT2D eigenvalue weighted by atomic mass is 32.1. The smallest absolute Gasteiger partial charge is 0.333 e. The minimum absolute atomic E-state index is 0.00884. The summed E-state index contributed by atoms with van der Waals surface area (Å²) in [6.45, 7) is 40.9. The number of hydrogen-bond donors (Lipinski definition) is 0. The van der Waals surface area contributed by atoms with Crippen LogP contribution in [0.2, 0.25) is 0 Å². The van der Waals surface area contributed by atoms with Crippen LogP contribution in [0.5, 0.6) is 0 Å². The van der Waals surface area contributed by atoms with E-state index in [1.54, 1.807) is 0 Å². The largest absolute Gasteiger partial charge is 0.376 e. The fourth-order valence-corrected chi connectivity index (χ4v) is 17.7. The summed E-state index contributed by atoms with van der Waals surface area (Å²) in [5, 5.41) is 2.68. The molecule has 15 rings (SSSR count). The summed E-state index contributed by atoms with van der Waals surface area (Å²) in [4.78, 5) is 8.15. The molecule has 0 saturated heterocycles. The second kappa shape index (κ2) is 18.6. The molecule has 5 heteroatoms. The molecule has 0 fully saturated rings. The van der Waals surface area contributed by atoms with Gasteiger partial charge in [-0.25, -0.2) is 0 Å². The molecule has 0 unspecified atom stereocenters. The maximum absolute atomic E-state index is 2.83. The topological polar surface area (TPSA) is 9.72 Å². The van der Waals surface area contributed by atoms with E-state index < -0.39 is 0 Å². The van der Waals surface area contributed by atoms with Gasteiger partial charge in [0.15, 0.2) is 0 Å². The molecule has 438 valence electrons. The zero-order chi connectivity index (χ0) is 61.0. The van der Waals surface area contributed by atoms with E-state index in [9.17, 15) is 0 Å². The summed E-state index contributed by atoms with van der Waals surface area (Å²) < 4.78 is 2.64. The van der Waals surface area contributed by atoms with Crippen molar-refractivity contribution in [2.45, 2.75) is 181 Å². The number of fused-ring (bicyclic) bond motifs is 14. The van der Waals surface area contributed by atoms with Crippen molar-refractivity contribution in [1.29, 1.82) is 0 Å². The van der Waals surface area contributed by atoms with Crippen LogP contribution in [0.3, 0.4) is 0 Å². The van der Waals surface area contributed by atoms with E-state index in [2.05, 4.69) is 296 Å². The van der Waals surface area contributed by atoms with Crippen LogP contribution in [0.4, 0.5) is 45.5 Å². The first-order valence-corrected chi connectivity index (χ1v) is 33.2. The highest BCUT2D eigenvalue weighted by Crippen LogP contribution is 2.60. The lowest BCUT2D eigenvalue weighted by Gasteiger charge is -2.48. The second-order valence-corrected chi connectivity index (χ2v) is 33.0. The van der Waals surface area contributed by atoms with E-state index in [1.807, 2.05) is 11.3 Å². The summed E-state index contributed by atoms with van der Waals surface area (Å²) in [5.74, 6) is 0. The standard InChI is InChI=1S/C82H86BN3S/c1-49-44-62-64(81(14,15)43-42-79(62,10)11)47-66(49)85-68-48-70-72(58-23-19-21-25-69(58)87-70)73-57-36-34-54(84(52-30-26-50(27-31-52)76(2,3)4)53-32-28-51(29-33-53)77(5,6)7)46-67(57)86(55-35-37-60-63(45-55)80(12,13)41-40-78(60,8)9)83(74(68)73)65-39-38-61-71(75(65)85)56-22-18-20-24-59(56)82(61,16)17/h18-39,44-48H,40-43H2,1-17H3. The first-order valence-electron chi connectivity index (χ1n) is 32.4. The predicted molar refractivity (Wildman–Crippen MR) is 378 cm³/mol. The van der Waals surface area contributed by atoms with Gasteiger partial charge in [0, 0.05) is 76.5 Å². The van der Waals surface area contributed by atoms with Gasteiger partial charge in [-0.05, 0) is 204 Å². The van der Waals surface area contributed by atoms with Gasteiger partial charge in [0.1, 0.15) is 0 Å². The molecule has 0 bridgehead atoms. The lowest BCUT2D eigenvalue weighted by Crippen LogP contribution is -2.62. The van der Waals surface area contributed by atoms with E-state index in [0.717, 1.165) is 29.9 Å². The van der Waals surface area contributed by atoms with Gasteiger partial charge in [-0.2, -0.15) is 0 Å². The molecule has 1 aromatic heterocycles. The Hall–Kier alpha value is -7.34. The Morgan fingerprint density at radius 3 is 1.63 bits per heavy atom. The Morgan fingerprint density at radius 1 is 0.448 bits per heavy atom. The SMILES string of the molecule is Cc1cc2c(cc1N1c3cc4sc5ccccc5c4c4c3B(c3ccc5c(c31)-c1ccccc1C5(C)C)N(c1ccc3c(c1)C(C)(C)CCC3(C)C)c1cc(N(c3ccc(C(C)(C)C)cc3)c3ccc(C(C)(C)C)cc3)ccc1-4)C(C)(C)CCC2(C)C. The van der Waals surface area contributed by atoms with E-state index in [4.69, 9.17) is 0 Å². The van der Waals surface area contributed by atoms with Gasteiger partial charge in [0.2, 0.25) is 0 Å². The zero-order valence-electron chi connectivity index (χ0n) is 54.7. The normalized spacial score (nSPS) is 17.9. The second-order valence-electron chi connectivity index (χ2n) is 31.9. The van der Waals surface area contributed by atoms with Crippen LogP contribution >= 0.6 is 11.3 Å². The van der Waals surface area contributed by atoms with Gasteiger partial charge in [-0.3, -0.25) is 0 Å². The number of anilines is 8. The van der Waals surface area contributed by atoms with Crippen molar-refractivity contribution in [2.24, 2.45) is 0 Å². The van der Waals surface area contributed by atoms with Gasteiger partial charge in [0.05, 0.1) is 5.69 Å². The highest BCUT2D eigenvalue weighted by molar-refractivity contribution is 7.26. The minimum Gasteiger partial charge on any atom is -0.376 e. The predicted octanol–water partition coefficient (Wildman–Crippen LogP) is 22.1. The van der Waals surface area contributed by atoms with Crippen molar-refractivity contribution in [3.05, 3.63) is 214 Å². The minimum atomic E-state index is -0.214. The molecule has 9 aromatic carbocycles. The van der Waals surface area contributed by atoms with E-state index in [1.165, 1.54) is 145 Å². The van der Waals surface area contributed by atoms with E-state index in [0.29, 0.717) is 0 Å². The van der Waals surface area contributed by atoms with Crippen LogP contribution in [-0.2, 0) is 37.9 Å². The van der Waals surface area contributed by atoms with Crippen molar-refractivity contribution >= 4 is 94.8 Å². The van der Waals surface area contributed by atoms with Crippen molar-refractivity contribution in [2.75, 3.05) is 14.6 Å². The first-order chi connectivity index (χ1) is 41.0. The Kier molecular flexibility index (Phi) is 12.0. The Balaban J connectivity index is 1.10. The summed E-state index contributed by atoms with van der Waals surface area (Å²) >= 11 is 1.95. The van der Waals surface area contributed by atoms with E-state index in [-0.39, 0.29) is 44.8 Å². The van der Waals surface area contributed by atoms with Gasteiger partial charge in [-0.15, -0.1) is 11.3 Å². The third kappa shape index (κ3) is 8.33. The van der Waals surface area contributed by atoms with Gasteiger partial charge >= 0.3 is 6.85 Å². The molecule has 0 spiro atoms. The fraction of sp³-hybridized carbons (Fsp3) is 0.341. The van der Waals surface area contributed by atoms with Crippen molar-refractivity contribution < 1.29 is 0 Å². The highest BCUT2D eigenvalue weighted by Gasteiger charge is 2.51. The lowest BCUT2D eigenvalue weighted by molar-refractivity contribution is 0.332. The molecular formula is C82H86BN3S. The summed E-state index contributed by atoms with van der Waals surface area (Å²) in [6, 6.07) is 65.6. The molecule has 0 N–H and O–H groups in total. The van der Waals surface area contributed by atoms with E-state index >= 15 is 0 Å². The summed E-state index contributed by atoms with van der Waals surface area (Å²) in [5.41, 5.74) is 30.4. The number of benzene rings is 9. The molecule has 2 aliphatic heterocycles. The number of hydrogen-bond acceptors (Lipinski definition) is 4. The fourth-order valence-electron chi connectivity index (χ4n) is 16.5. The molecule has 10 aromatic rings. The van der Waals surface area contributed by atoms with Crippen LogP contribution < -0.4 is 25.5 Å². The maximum atomic E-state index is 2.83. The molecule has 3 nitrogen and oxygen atoms in total. The lowest BCUT2D eigenvalue weighted by atomic mass is 9.42. The molecule has 87 heavy (non-hydrogen) atoms. The molecule has 0 amide bonds. The van der Waals surface area contributed by atoms with Gasteiger partial charge in [0.25, 0.3) is 0 Å². The third-order valence-corrected chi connectivity index (χ3v) is 23.1. The Morgan fingerprint density at radius 2 is 1.00 bits per heavy atom. The molecule has 0 saturated carbocycles. The number of nitrogens with zero attached hydrogens (tertiary/aromatic N) is 3. The number of thiophene rings is 1.